The van der Waals surface area contributed by atoms with Crippen molar-refractivity contribution in [3.63, 3.8) is 0 Å². The lowest BCUT2D eigenvalue weighted by atomic mass is 10.1. The molecule has 2 amide bonds. The molecule has 0 aliphatic carbocycles. The van der Waals surface area contributed by atoms with E-state index in [1.807, 2.05) is 4.90 Å². The number of hydrogen-bond acceptors (Lipinski definition) is 12. The number of aliphatic carboxylic acids is 4. The molecule has 0 fully saturated rings. The first-order valence-electron chi connectivity index (χ1n) is 15.6. The molecule has 4 heterocycles. The number of ether oxygens (including phenoxy) is 1. The van der Waals surface area contributed by atoms with Gasteiger partial charge in [-0.3, -0.25) is 58.3 Å². The zero-order chi connectivity index (χ0) is 35.5. The van der Waals surface area contributed by atoms with Crippen LogP contribution in [0.2, 0.25) is 0 Å². The molecule has 2 aromatic rings. The summed E-state index contributed by atoms with van der Waals surface area (Å²) in [6.07, 6.45) is 2.91. The second kappa shape index (κ2) is 17.2. The number of nitrogens with zero attached hydrogens (tertiary/aromatic N) is 6. The average Bonchev–Trinajstić information content (AvgIpc) is 3.36. The number of amides is 2. The van der Waals surface area contributed by atoms with Gasteiger partial charge in [-0.1, -0.05) is 6.07 Å². The summed E-state index contributed by atoms with van der Waals surface area (Å²) in [6, 6.07) is 5.66. The molecule has 0 saturated heterocycles. The Labute approximate surface area is 281 Å². The maximum Gasteiger partial charge on any atom is 0.321 e. The van der Waals surface area contributed by atoms with Gasteiger partial charge >= 0.3 is 23.9 Å². The van der Waals surface area contributed by atoms with Gasteiger partial charge in [0.25, 0.3) is 11.8 Å². The summed E-state index contributed by atoms with van der Waals surface area (Å²) in [5.74, 6) is -5.83. The standard InChI is InChI=1S/C32H38N6O11/c39-27-5-6-28(40)38(27)8-3-13-49-24-14-22-19-36(25(31(45)46)16-29(41)42)11-9-35(18-21-4-1-2-7-33-21)10-12-37(20-23(15-24)34-22)26(32(47)48)17-30(43)44/h1-2,4-7,14-15,25-26H,3,8-13,16-20H2,(H,41,42)(H,43,44)(H,45,46)(H,47,48)/t25-,26?/m1/s1. The van der Waals surface area contributed by atoms with Crippen LogP contribution in [0.15, 0.2) is 48.7 Å². The zero-order valence-corrected chi connectivity index (χ0v) is 26.6. The predicted octanol–water partition coefficient (Wildman–Crippen LogP) is 0.146. The fourth-order valence-electron chi connectivity index (χ4n) is 5.64. The Hall–Kier alpha value is -5.26. The van der Waals surface area contributed by atoms with Crippen LogP contribution in [0.1, 0.15) is 36.3 Å². The number of carboxylic acids is 4. The van der Waals surface area contributed by atoms with Crippen molar-refractivity contribution in [2.24, 2.45) is 0 Å². The lowest BCUT2D eigenvalue weighted by Crippen LogP contribution is -2.49. The fraction of sp³-hybridized carbons (Fsp3) is 0.438. The molecule has 0 radical (unpaired) electrons. The summed E-state index contributed by atoms with van der Waals surface area (Å²) in [4.78, 5) is 86.8. The van der Waals surface area contributed by atoms with Gasteiger partial charge in [0.1, 0.15) is 17.8 Å². The van der Waals surface area contributed by atoms with Gasteiger partial charge in [-0.05, 0) is 18.6 Å². The number of carboxylic acid groups (broad SMARTS) is 4. The highest BCUT2D eigenvalue weighted by Gasteiger charge is 2.32. The molecule has 0 spiro atoms. The Bertz CT molecular complexity index is 1490. The second-order valence-electron chi connectivity index (χ2n) is 11.6. The maximum atomic E-state index is 12.3. The van der Waals surface area contributed by atoms with Crippen molar-refractivity contribution in [3.05, 3.63) is 65.8 Å². The van der Waals surface area contributed by atoms with Crippen LogP contribution in [0.4, 0.5) is 0 Å². The van der Waals surface area contributed by atoms with Crippen molar-refractivity contribution < 1.29 is 53.9 Å². The van der Waals surface area contributed by atoms with Gasteiger partial charge in [-0.15, -0.1) is 0 Å². The molecule has 1 unspecified atom stereocenters. The highest BCUT2D eigenvalue weighted by Crippen LogP contribution is 2.22. The van der Waals surface area contributed by atoms with E-state index in [1.165, 1.54) is 22.0 Å². The molecular weight excluding hydrogens is 644 g/mol. The monoisotopic (exact) mass is 682 g/mol. The van der Waals surface area contributed by atoms with E-state index in [0.29, 0.717) is 23.6 Å². The molecule has 4 N–H and O–H groups in total. The van der Waals surface area contributed by atoms with Crippen LogP contribution in [-0.2, 0) is 48.4 Å². The fourth-order valence-corrected chi connectivity index (χ4v) is 5.64. The Kier molecular flexibility index (Phi) is 12.9. The van der Waals surface area contributed by atoms with Crippen molar-refractivity contribution in [2.75, 3.05) is 39.3 Å². The average molecular weight is 683 g/mol. The van der Waals surface area contributed by atoms with E-state index in [1.54, 1.807) is 36.5 Å². The first-order valence-corrected chi connectivity index (χ1v) is 15.6. The second-order valence-corrected chi connectivity index (χ2v) is 11.6. The number of carbonyl (C=O) groups is 6. The minimum Gasteiger partial charge on any atom is -0.493 e. The largest absolute Gasteiger partial charge is 0.493 e. The van der Waals surface area contributed by atoms with E-state index in [0.717, 1.165) is 4.90 Å². The Morgan fingerprint density at radius 3 is 1.82 bits per heavy atom. The van der Waals surface area contributed by atoms with Crippen molar-refractivity contribution in [1.82, 2.24) is 29.6 Å². The first kappa shape index (κ1) is 36.6. The van der Waals surface area contributed by atoms with Crippen molar-refractivity contribution in [3.8, 4) is 5.75 Å². The summed E-state index contributed by atoms with van der Waals surface area (Å²) in [5.41, 5.74) is 1.30. The van der Waals surface area contributed by atoms with Crippen molar-refractivity contribution >= 4 is 35.7 Å². The number of rotatable bonds is 15. The maximum absolute atomic E-state index is 12.3. The molecule has 4 rings (SSSR count). The first-order chi connectivity index (χ1) is 23.4. The van der Waals surface area contributed by atoms with Crippen LogP contribution in [-0.4, -0.2) is 137 Å². The predicted molar refractivity (Wildman–Crippen MR) is 168 cm³/mol. The number of pyridine rings is 2. The molecule has 17 nitrogen and oxygen atoms in total. The quantitative estimate of drug-likeness (QED) is 0.145. The van der Waals surface area contributed by atoms with Gasteiger partial charge in [-0.25, -0.2) is 0 Å². The molecule has 17 heteroatoms. The van der Waals surface area contributed by atoms with E-state index in [4.69, 9.17) is 4.74 Å². The van der Waals surface area contributed by atoms with Crippen LogP contribution in [0.3, 0.4) is 0 Å². The minimum atomic E-state index is -1.40. The van der Waals surface area contributed by atoms with Crippen LogP contribution in [0.25, 0.3) is 0 Å². The molecule has 49 heavy (non-hydrogen) atoms. The van der Waals surface area contributed by atoms with Crippen LogP contribution < -0.4 is 4.74 Å². The summed E-state index contributed by atoms with van der Waals surface area (Å²) < 4.78 is 5.93. The van der Waals surface area contributed by atoms with Gasteiger partial charge in [-0.2, -0.15) is 0 Å². The highest BCUT2D eigenvalue weighted by molar-refractivity contribution is 6.12. The molecule has 2 atom stereocenters. The molecule has 0 saturated carbocycles. The van der Waals surface area contributed by atoms with Gasteiger partial charge in [0.05, 0.1) is 36.5 Å². The van der Waals surface area contributed by atoms with E-state index in [2.05, 4.69) is 9.97 Å². The number of carbonyl (C=O) groups excluding carboxylic acids is 2. The number of fused-ring (bicyclic) bond motifs is 2. The third-order valence-electron chi connectivity index (χ3n) is 8.04. The molecule has 2 aliphatic heterocycles. The topological polar surface area (TPSA) is 231 Å². The van der Waals surface area contributed by atoms with E-state index < -0.39 is 60.6 Å². The lowest BCUT2D eigenvalue weighted by molar-refractivity contribution is -0.150. The van der Waals surface area contributed by atoms with E-state index in [-0.39, 0.29) is 64.6 Å². The molecule has 2 aromatic heterocycles. The van der Waals surface area contributed by atoms with E-state index >= 15 is 0 Å². The van der Waals surface area contributed by atoms with Crippen LogP contribution in [0, 0.1) is 0 Å². The van der Waals surface area contributed by atoms with Crippen LogP contribution >= 0.6 is 0 Å². The normalized spacial score (nSPS) is 17.6. The Balaban J connectivity index is 1.67. The Morgan fingerprint density at radius 2 is 1.35 bits per heavy atom. The van der Waals surface area contributed by atoms with Crippen LogP contribution in [0.5, 0.6) is 5.75 Å². The number of hydrogen-bond donors (Lipinski definition) is 4. The van der Waals surface area contributed by atoms with Gasteiger partial charge in [0.2, 0.25) is 0 Å². The van der Waals surface area contributed by atoms with Crippen molar-refractivity contribution in [2.45, 2.75) is 51.0 Å². The SMILES string of the molecule is O=C(O)CC(C(=O)O)N1CCN(Cc2ccccn2)CCN([C@H](CC(=O)O)C(=O)O)Cc2cc(OCCCN3C(=O)C=CC3=O)cc(n2)C1. The van der Waals surface area contributed by atoms with Gasteiger partial charge < -0.3 is 25.2 Å². The summed E-state index contributed by atoms with van der Waals surface area (Å²) in [6.45, 7) is 0.915. The Morgan fingerprint density at radius 1 is 0.796 bits per heavy atom. The molecule has 2 bridgehead atoms. The highest BCUT2D eigenvalue weighted by atomic mass is 16.5. The molecule has 0 aromatic carbocycles. The molecule has 2 aliphatic rings. The number of imide groups is 1. The zero-order valence-electron chi connectivity index (χ0n) is 26.6. The minimum absolute atomic E-state index is 0.0728. The summed E-state index contributed by atoms with van der Waals surface area (Å²) in [5, 5.41) is 39.2. The summed E-state index contributed by atoms with van der Waals surface area (Å²) >= 11 is 0. The third kappa shape index (κ3) is 10.9. The lowest BCUT2D eigenvalue weighted by Gasteiger charge is -2.34. The third-order valence-corrected chi connectivity index (χ3v) is 8.04. The van der Waals surface area contributed by atoms with E-state index in [9.17, 15) is 49.2 Å². The smallest absolute Gasteiger partial charge is 0.321 e. The van der Waals surface area contributed by atoms with Gasteiger partial charge in [0.15, 0.2) is 0 Å². The van der Waals surface area contributed by atoms with Gasteiger partial charge in [0, 0.05) is 82.8 Å². The molecule has 262 valence electrons. The summed E-state index contributed by atoms with van der Waals surface area (Å²) in [7, 11) is 0. The number of aromatic nitrogens is 2. The van der Waals surface area contributed by atoms with Crippen molar-refractivity contribution in [1.29, 1.82) is 0 Å². The molecular formula is C32H38N6O11.